The van der Waals surface area contributed by atoms with Crippen LogP contribution in [0.15, 0.2) is 23.7 Å². The number of carbonyl (C=O) groups is 1. The fraction of sp³-hybridized carbons (Fsp3) is 0.545. The fourth-order valence-electron chi connectivity index (χ4n) is 1.43. The zero-order valence-electron chi connectivity index (χ0n) is 9.36. The zero-order valence-corrected chi connectivity index (χ0v) is 9.36. The largest absolute Gasteiger partial charge is 0.481 e. The number of ether oxygens (including phenoxy) is 2. The Morgan fingerprint density at radius 3 is 2.50 bits per heavy atom. The van der Waals surface area contributed by atoms with Crippen molar-refractivity contribution < 1.29 is 19.4 Å². The van der Waals surface area contributed by atoms with Crippen molar-refractivity contribution in [3.8, 4) is 0 Å². The lowest BCUT2D eigenvalue weighted by atomic mass is 10.1. The lowest BCUT2D eigenvalue weighted by Gasteiger charge is -1.98. The summed E-state index contributed by atoms with van der Waals surface area (Å²) in [6.45, 7) is 4.24. The molecule has 5 heteroatoms. The second kappa shape index (κ2) is 6.90. The summed E-state index contributed by atoms with van der Waals surface area (Å²) in [7, 11) is 0. The monoisotopic (exact) mass is 227 g/mol. The van der Waals surface area contributed by atoms with Gasteiger partial charge >= 0.3 is 5.97 Å². The summed E-state index contributed by atoms with van der Waals surface area (Å²) in [5.41, 5.74) is 2.58. The van der Waals surface area contributed by atoms with Gasteiger partial charge in [0, 0.05) is 19.5 Å². The van der Waals surface area contributed by atoms with Crippen molar-refractivity contribution in [2.24, 2.45) is 0 Å². The molecule has 0 amide bonds. The first-order chi connectivity index (χ1) is 7.70. The van der Waals surface area contributed by atoms with Gasteiger partial charge in [-0.05, 0) is 13.3 Å². The molecule has 2 N–H and O–H groups in total. The molecule has 0 aliphatic carbocycles. The van der Waals surface area contributed by atoms with Gasteiger partial charge in [0.1, 0.15) is 12.5 Å². The van der Waals surface area contributed by atoms with Crippen LogP contribution in [-0.4, -0.2) is 31.0 Å². The van der Waals surface area contributed by atoms with Crippen molar-refractivity contribution in [1.82, 2.24) is 5.32 Å². The maximum atomic E-state index is 10.2. The second-order valence-electron chi connectivity index (χ2n) is 3.60. The molecule has 90 valence electrons. The van der Waals surface area contributed by atoms with Gasteiger partial charge in [0.2, 0.25) is 6.79 Å². The molecule has 0 spiro atoms. The van der Waals surface area contributed by atoms with Gasteiger partial charge in [-0.2, -0.15) is 0 Å². The van der Waals surface area contributed by atoms with Gasteiger partial charge in [-0.3, -0.25) is 4.79 Å². The third-order valence-corrected chi connectivity index (χ3v) is 2.36. The van der Waals surface area contributed by atoms with E-state index >= 15 is 0 Å². The van der Waals surface area contributed by atoms with Crippen LogP contribution >= 0.6 is 0 Å². The number of rotatable bonds is 3. The Morgan fingerprint density at radius 1 is 1.44 bits per heavy atom. The first-order valence-electron chi connectivity index (χ1n) is 5.18. The molecule has 0 bridgehead atoms. The van der Waals surface area contributed by atoms with Gasteiger partial charge in [0.15, 0.2) is 0 Å². The molecule has 16 heavy (non-hydrogen) atoms. The minimum Gasteiger partial charge on any atom is -0.481 e. The number of hydrogen-bond acceptors (Lipinski definition) is 4. The minimum absolute atomic E-state index is 0.258. The maximum absolute atomic E-state index is 10.2. The highest BCUT2D eigenvalue weighted by molar-refractivity contribution is 5.67. The molecule has 0 radical (unpaired) electrons. The number of carboxylic acid groups (broad SMARTS) is 1. The van der Waals surface area contributed by atoms with Gasteiger partial charge in [-0.15, -0.1) is 0 Å². The molecule has 0 aromatic heterocycles. The van der Waals surface area contributed by atoms with Gasteiger partial charge in [-0.25, -0.2) is 0 Å². The van der Waals surface area contributed by atoms with E-state index in [0.717, 1.165) is 13.1 Å². The molecule has 0 fully saturated rings. The average Bonchev–Trinajstić information content (AvgIpc) is 2.88. The quantitative estimate of drug-likeness (QED) is 0.710. The predicted molar refractivity (Wildman–Crippen MR) is 58.6 cm³/mol. The van der Waals surface area contributed by atoms with E-state index in [9.17, 15) is 4.79 Å². The van der Waals surface area contributed by atoms with Crippen LogP contribution in [-0.2, 0) is 14.3 Å². The maximum Gasteiger partial charge on any atom is 0.303 e. The summed E-state index contributed by atoms with van der Waals surface area (Å²) in [4.78, 5) is 10.2. The summed E-state index contributed by atoms with van der Waals surface area (Å²) in [5.74, 6) is -0.711. The summed E-state index contributed by atoms with van der Waals surface area (Å²) < 4.78 is 9.08. The van der Waals surface area contributed by atoms with Crippen LogP contribution in [0.1, 0.15) is 19.8 Å². The molecule has 0 unspecified atom stereocenters. The highest BCUT2D eigenvalue weighted by Gasteiger charge is 2.10. The van der Waals surface area contributed by atoms with Crippen LogP contribution < -0.4 is 5.32 Å². The molecule has 2 rings (SSSR count). The van der Waals surface area contributed by atoms with Crippen molar-refractivity contribution in [2.75, 3.05) is 19.9 Å². The summed E-state index contributed by atoms with van der Waals surface area (Å²) >= 11 is 0. The Labute approximate surface area is 94.7 Å². The smallest absolute Gasteiger partial charge is 0.303 e. The van der Waals surface area contributed by atoms with E-state index in [4.69, 9.17) is 5.11 Å². The highest BCUT2D eigenvalue weighted by atomic mass is 16.7. The van der Waals surface area contributed by atoms with Crippen LogP contribution in [0.3, 0.4) is 0 Å². The summed E-state index contributed by atoms with van der Waals surface area (Å²) in [5, 5.41) is 11.6. The Kier molecular flexibility index (Phi) is 5.42. The normalized spacial score (nSPS) is 17.6. The topological polar surface area (TPSA) is 67.8 Å². The molecule has 0 saturated carbocycles. The van der Waals surface area contributed by atoms with Crippen molar-refractivity contribution >= 4 is 5.97 Å². The molecule has 2 aliphatic rings. The van der Waals surface area contributed by atoms with E-state index in [1.165, 1.54) is 23.7 Å². The third-order valence-electron chi connectivity index (χ3n) is 2.36. The minimum atomic E-state index is -0.711. The first-order valence-corrected chi connectivity index (χ1v) is 5.18. The SMILES string of the molecule is C1=COCO1.CC1=C(CCC(=O)O)CNC1. The molecular formula is C11H17NO4. The molecule has 0 saturated heterocycles. The Hall–Kier alpha value is -1.49. The third kappa shape index (κ3) is 4.84. The van der Waals surface area contributed by atoms with Crippen molar-refractivity contribution in [3.63, 3.8) is 0 Å². The molecule has 5 nitrogen and oxygen atoms in total. The lowest BCUT2D eigenvalue weighted by molar-refractivity contribution is -0.136. The van der Waals surface area contributed by atoms with Crippen molar-refractivity contribution in [2.45, 2.75) is 19.8 Å². The molecule has 0 aromatic carbocycles. The number of hydrogen-bond donors (Lipinski definition) is 2. The van der Waals surface area contributed by atoms with Crippen molar-refractivity contribution in [1.29, 1.82) is 0 Å². The van der Waals surface area contributed by atoms with Gasteiger partial charge in [0.25, 0.3) is 0 Å². The zero-order chi connectivity index (χ0) is 11.8. The molecule has 0 atom stereocenters. The van der Waals surface area contributed by atoms with E-state index in [0.29, 0.717) is 13.2 Å². The Bertz CT molecular complexity index is 290. The molecule has 2 heterocycles. The highest BCUT2D eigenvalue weighted by Crippen LogP contribution is 2.14. The Morgan fingerprint density at radius 2 is 2.12 bits per heavy atom. The number of aliphatic carboxylic acids is 1. The standard InChI is InChI=1S/C8H13NO2.C3H4O2/c1-6-4-9-5-7(6)2-3-8(10)11;1-2-5-3-4-1/h9H,2-5H2,1H3,(H,10,11);1-2H,3H2. The summed E-state index contributed by atoms with van der Waals surface area (Å²) in [6.07, 6.45) is 3.99. The van der Waals surface area contributed by atoms with Crippen molar-refractivity contribution in [3.05, 3.63) is 23.7 Å². The van der Waals surface area contributed by atoms with E-state index in [2.05, 4.69) is 21.7 Å². The average molecular weight is 227 g/mol. The second-order valence-corrected chi connectivity index (χ2v) is 3.60. The van der Waals surface area contributed by atoms with E-state index < -0.39 is 5.97 Å². The lowest BCUT2D eigenvalue weighted by Crippen LogP contribution is -2.09. The number of nitrogens with one attached hydrogen (secondary N) is 1. The van der Waals surface area contributed by atoms with Gasteiger partial charge < -0.3 is 19.9 Å². The molecule has 0 aromatic rings. The van der Waals surface area contributed by atoms with Crippen LogP contribution in [0.25, 0.3) is 0 Å². The van der Waals surface area contributed by atoms with E-state index in [-0.39, 0.29) is 6.42 Å². The van der Waals surface area contributed by atoms with Gasteiger partial charge in [0.05, 0.1) is 0 Å². The van der Waals surface area contributed by atoms with Crippen LogP contribution in [0.5, 0.6) is 0 Å². The predicted octanol–water partition coefficient (Wildman–Crippen LogP) is 1.23. The van der Waals surface area contributed by atoms with Crippen LogP contribution in [0.4, 0.5) is 0 Å². The van der Waals surface area contributed by atoms with E-state index in [1.54, 1.807) is 0 Å². The van der Waals surface area contributed by atoms with Crippen LogP contribution in [0, 0.1) is 0 Å². The fourth-order valence-corrected chi connectivity index (χ4v) is 1.43. The van der Waals surface area contributed by atoms with Crippen LogP contribution in [0.2, 0.25) is 0 Å². The Balaban J connectivity index is 0.000000212. The first kappa shape index (κ1) is 12.6. The number of carboxylic acids is 1. The molecular weight excluding hydrogens is 210 g/mol. The summed E-state index contributed by atoms with van der Waals surface area (Å²) in [6, 6.07) is 0. The van der Waals surface area contributed by atoms with E-state index in [1.807, 2.05) is 0 Å². The van der Waals surface area contributed by atoms with Gasteiger partial charge in [-0.1, -0.05) is 11.1 Å². The molecule has 2 aliphatic heterocycles.